The van der Waals surface area contributed by atoms with E-state index in [1.54, 1.807) is 11.9 Å². The second-order valence-electron chi connectivity index (χ2n) is 9.23. The second-order valence-corrected chi connectivity index (χ2v) is 9.23. The molecule has 2 aromatic carbocycles. The molecule has 2 N–H and O–H groups in total. The molecule has 0 bridgehead atoms. The fourth-order valence-electron chi connectivity index (χ4n) is 3.87. The van der Waals surface area contributed by atoms with Gasteiger partial charge in [-0.2, -0.15) is 0 Å². The number of hydrogen-bond acceptors (Lipinski definition) is 3. The average molecular weight is 467 g/mol. The summed E-state index contributed by atoms with van der Waals surface area (Å²) in [6.07, 6.45) is 8.76. The third kappa shape index (κ3) is 8.08. The van der Waals surface area contributed by atoms with E-state index in [1.807, 2.05) is 42.5 Å². The Morgan fingerprint density at radius 3 is 2.62 bits per heavy atom. The van der Waals surface area contributed by atoms with E-state index in [0.717, 1.165) is 41.0 Å². The number of aliphatic carboxylic acids is 1. The number of amides is 2. The van der Waals surface area contributed by atoms with E-state index >= 15 is 0 Å². The van der Waals surface area contributed by atoms with Crippen LogP contribution in [0.25, 0.3) is 11.1 Å². The van der Waals surface area contributed by atoms with Crippen molar-refractivity contribution < 1.29 is 19.4 Å². The Bertz CT molecular complexity index is 955. The number of urea groups is 1. The molecule has 0 aliphatic heterocycles. The summed E-state index contributed by atoms with van der Waals surface area (Å²) >= 11 is 0. The summed E-state index contributed by atoms with van der Waals surface area (Å²) < 4.78 is 6.16. The number of carbonyl (C=O) groups excluding carboxylic acids is 1. The topological polar surface area (TPSA) is 78.9 Å². The Labute approximate surface area is 203 Å². The molecular formula is C28H38N2O4. The summed E-state index contributed by atoms with van der Waals surface area (Å²) in [7, 11) is 1.78. The highest BCUT2D eigenvalue weighted by molar-refractivity contribution is 5.92. The summed E-state index contributed by atoms with van der Waals surface area (Å²) in [5.74, 6) is 0.573. The SMILES string of the molecule is CCCCCCCNC(=O)N(C)c1cccc(-c2ccc(CCC(=O)O)cc2OCC2CC2)c1. The molecule has 34 heavy (non-hydrogen) atoms. The number of rotatable bonds is 14. The lowest BCUT2D eigenvalue weighted by molar-refractivity contribution is -0.136. The molecule has 1 aliphatic carbocycles. The molecule has 184 valence electrons. The molecule has 1 fully saturated rings. The fourth-order valence-corrected chi connectivity index (χ4v) is 3.87. The largest absolute Gasteiger partial charge is 0.493 e. The number of hydrogen-bond donors (Lipinski definition) is 2. The standard InChI is InChI=1S/C28H38N2O4/c1-3-4-5-6-7-17-29-28(33)30(2)24-10-8-9-23(19-24)25-15-13-21(14-16-27(31)32)18-26(25)34-20-22-11-12-22/h8-10,13,15,18-19,22H,3-7,11-12,14,16-17,20H2,1-2H3,(H,29,33)(H,31,32). The molecule has 1 aliphatic rings. The molecule has 3 rings (SSSR count). The number of unbranched alkanes of at least 4 members (excludes halogenated alkanes) is 4. The van der Waals surface area contributed by atoms with Crippen molar-refractivity contribution in [3.8, 4) is 16.9 Å². The van der Waals surface area contributed by atoms with Gasteiger partial charge in [-0.3, -0.25) is 9.69 Å². The molecule has 6 nitrogen and oxygen atoms in total. The zero-order chi connectivity index (χ0) is 24.3. The van der Waals surface area contributed by atoms with E-state index < -0.39 is 5.97 Å². The Morgan fingerprint density at radius 1 is 1.09 bits per heavy atom. The number of nitrogens with zero attached hydrogens (tertiary/aromatic N) is 1. The van der Waals surface area contributed by atoms with Gasteiger partial charge in [0, 0.05) is 31.3 Å². The van der Waals surface area contributed by atoms with Crippen LogP contribution in [0.1, 0.15) is 63.9 Å². The number of ether oxygens (including phenoxy) is 1. The van der Waals surface area contributed by atoms with Crippen molar-refractivity contribution in [1.29, 1.82) is 0 Å². The van der Waals surface area contributed by atoms with Gasteiger partial charge in [-0.1, -0.05) is 56.9 Å². The van der Waals surface area contributed by atoms with Gasteiger partial charge in [0.2, 0.25) is 0 Å². The minimum absolute atomic E-state index is 0.0927. The van der Waals surface area contributed by atoms with Gasteiger partial charge in [0.15, 0.2) is 0 Å². The Kier molecular flexibility index (Phi) is 9.80. The lowest BCUT2D eigenvalue weighted by Crippen LogP contribution is -2.37. The molecule has 0 radical (unpaired) electrons. The minimum atomic E-state index is -0.806. The van der Waals surface area contributed by atoms with Crippen LogP contribution in [0.15, 0.2) is 42.5 Å². The molecule has 1 saturated carbocycles. The van der Waals surface area contributed by atoms with E-state index in [1.165, 1.54) is 32.1 Å². The van der Waals surface area contributed by atoms with Crippen molar-refractivity contribution in [2.75, 3.05) is 25.1 Å². The smallest absolute Gasteiger partial charge is 0.321 e. The van der Waals surface area contributed by atoms with Crippen LogP contribution in [0, 0.1) is 5.92 Å². The third-order valence-electron chi connectivity index (χ3n) is 6.25. The first-order valence-corrected chi connectivity index (χ1v) is 12.6. The van der Waals surface area contributed by atoms with Crippen LogP contribution in [-0.4, -0.2) is 37.3 Å². The number of nitrogens with one attached hydrogen (secondary N) is 1. The van der Waals surface area contributed by atoms with Crippen molar-refractivity contribution in [3.05, 3.63) is 48.0 Å². The van der Waals surface area contributed by atoms with E-state index in [4.69, 9.17) is 9.84 Å². The van der Waals surface area contributed by atoms with Crippen molar-refractivity contribution in [1.82, 2.24) is 5.32 Å². The number of carboxylic acids is 1. The summed E-state index contributed by atoms with van der Waals surface area (Å²) in [5, 5.41) is 12.0. The molecule has 0 unspecified atom stereocenters. The van der Waals surface area contributed by atoms with Crippen molar-refractivity contribution >= 4 is 17.7 Å². The summed E-state index contributed by atoms with van der Waals surface area (Å²) in [5.41, 5.74) is 3.67. The zero-order valence-corrected chi connectivity index (χ0v) is 20.5. The van der Waals surface area contributed by atoms with Gasteiger partial charge in [-0.05, 0) is 60.9 Å². The van der Waals surface area contributed by atoms with E-state index in [2.05, 4.69) is 12.2 Å². The summed E-state index contributed by atoms with van der Waals surface area (Å²) in [6, 6.07) is 13.7. The Morgan fingerprint density at radius 2 is 1.88 bits per heavy atom. The predicted molar refractivity (Wildman–Crippen MR) is 137 cm³/mol. The van der Waals surface area contributed by atoms with Crippen LogP contribution in [0.3, 0.4) is 0 Å². The van der Waals surface area contributed by atoms with Crippen molar-refractivity contribution in [2.24, 2.45) is 5.92 Å². The van der Waals surface area contributed by atoms with Gasteiger partial charge in [-0.25, -0.2) is 4.79 Å². The summed E-state index contributed by atoms with van der Waals surface area (Å²) in [4.78, 5) is 25.3. The Balaban J connectivity index is 1.69. The predicted octanol–water partition coefficient (Wildman–Crippen LogP) is 6.28. The van der Waals surface area contributed by atoms with E-state index in [-0.39, 0.29) is 12.5 Å². The number of aryl methyl sites for hydroxylation is 1. The molecule has 2 amide bonds. The molecule has 6 heteroatoms. The van der Waals surface area contributed by atoms with Crippen molar-refractivity contribution in [3.63, 3.8) is 0 Å². The molecule has 2 aromatic rings. The van der Waals surface area contributed by atoms with Crippen LogP contribution in [0.2, 0.25) is 0 Å². The number of benzene rings is 2. The lowest BCUT2D eigenvalue weighted by Gasteiger charge is -2.20. The zero-order valence-electron chi connectivity index (χ0n) is 20.5. The minimum Gasteiger partial charge on any atom is -0.493 e. The molecule has 0 spiro atoms. The highest BCUT2D eigenvalue weighted by Gasteiger charge is 2.23. The van der Waals surface area contributed by atoms with Crippen LogP contribution in [0.4, 0.5) is 10.5 Å². The van der Waals surface area contributed by atoms with E-state index in [0.29, 0.717) is 25.5 Å². The van der Waals surface area contributed by atoms with Gasteiger partial charge in [-0.15, -0.1) is 0 Å². The molecular weight excluding hydrogens is 428 g/mol. The second kappa shape index (κ2) is 13.0. The first kappa shape index (κ1) is 25.6. The maximum absolute atomic E-state index is 12.6. The van der Waals surface area contributed by atoms with Crippen LogP contribution in [-0.2, 0) is 11.2 Å². The Hall–Kier alpha value is -3.02. The maximum Gasteiger partial charge on any atom is 0.321 e. The molecule has 0 atom stereocenters. The highest BCUT2D eigenvalue weighted by Crippen LogP contribution is 2.36. The van der Waals surface area contributed by atoms with Gasteiger partial charge in [0.05, 0.1) is 6.61 Å². The lowest BCUT2D eigenvalue weighted by atomic mass is 10.00. The average Bonchev–Trinajstić information content (AvgIpc) is 3.67. The van der Waals surface area contributed by atoms with Crippen molar-refractivity contribution in [2.45, 2.75) is 64.7 Å². The molecule has 0 aromatic heterocycles. The van der Waals surface area contributed by atoms with Gasteiger partial charge in [0.25, 0.3) is 0 Å². The van der Waals surface area contributed by atoms with Crippen LogP contribution in [0.5, 0.6) is 5.75 Å². The quantitative estimate of drug-likeness (QED) is 0.321. The summed E-state index contributed by atoms with van der Waals surface area (Å²) in [6.45, 7) is 3.56. The van der Waals surface area contributed by atoms with Gasteiger partial charge >= 0.3 is 12.0 Å². The maximum atomic E-state index is 12.6. The first-order chi connectivity index (χ1) is 16.5. The third-order valence-corrected chi connectivity index (χ3v) is 6.25. The van der Waals surface area contributed by atoms with E-state index in [9.17, 15) is 9.59 Å². The van der Waals surface area contributed by atoms with Crippen LogP contribution < -0.4 is 15.0 Å². The number of anilines is 1. The molecule has 0 heterocycles. The first-order valence-electron chi connectivity index (χ1n) is 12.6. The normalized spacial score (nSPS) is 12.9. The monoisotopic (exact) mass is 466 g/mol. The van der Waals surface area contributed by atoms with Gasteiger partial charge in [0.1, 0.15) is 5.75 Å². The fraction of sp³-hybridized carbons (Fsp3) is 0.500. The van der Waals surface area contributed by atoms with Gasteiger partial charge < -0.3 is 15.2 Å². The number of carboxylic acid groups (broad SMARTS) is 1. The molecule has 0 saturated heterocycles. The van der Waals surface area contributed by atoms with Crippen LogP contribution >= 0.6 is 0 Å². The number of carbonyl (C=O) groups is 2. The highest BCUT2D eigenvalue weighted by atomic mass is 16.5.